The van der Waals surface area contributed by atoms with Crippen molar-refractivity contribution >= 4 is 30.3 Å². The summed E-state index contributed by atoms with van der Waals surface area (Å²) in [4.78, 5) is 69.0. The molecule has 0 aromatic carbocycles. The minimum atomic E-state index is -0.697. The summed E-state index contributed by atoms with van der Waals surface area (Å²) in [5, 5.41) is 5.71. The van der Waals surface area contributed by atoms with Crippen LogP contribution in [0.1, 0.15) is 173 Å². The highest BCUT2D eigenvalue weighted by atomic mass is 16.6. The van der Waals surface area contributed by atoms with Crippen LogP contribution >= 0.6 is 0 Å². The summed E-state index contributed by atoms with van der Waals surface area (Å²) >= 11 is 0. The van der Waals surface area contributed by atoms with E-state index < -0.39 is 46.8 Å². The number of nitrogens with zero attached hydrogens (tertiary/aromatic N) is 3. The maximum absolute atomic E-state index is 13.3. The number of rotatable bonds is 25. The van der Waals surface area contributed by atoms with Crippen LogP contribution in [0.4, 0.5) is 19.2 Å². The first-order valence-electron chi connectivity index (χ1n) is 21.5. The summed E-state index contributed by atoms with van der Waals surface area (Å²) in [6.45, 7) is 27.0. The molecule has 14 heteroatoms. The Hall–Kier alpha value is -3.45. The van der Waals surface area contributed by atoms with Crippen molar-refractivity contribution in [3.8, 4) is 0 Å². The molecule has 0 fully saturated rings. The summed E-state index contributed by atoms with van der Waals surface area (Å²) in [6, 6.07) is 0. The first-order chi connectivity index (χ1) is 26.3. The van der Waals surface area contributed by atoms with Crippen molar-refractivity contribution in [1.82, 2.24) is 25.3 Å². The fourth-order valence-electron chi connectivity index (χ4n) is 5.52. The van der Waals surface area contributed by atoms with Crippen molar-refractivity contribution in [1.29, 1.82) is 0 Å². The number of hydrogen-bond donors (Lipinski definition) is 2. The third-order valence-corrected chi connectivity index (χ3v) is 8.12. The van der Waals surface area contributed by atoms with Gasteiger partial charge in [-0.05, 0) is 122 Å². The lowest BCUT2D eigenvalue weighted by Crippen LogP contribution is -2.42. The molecular weight excluding hydrogens is 730 g/mol. The molecule has 0 aliphatic carbocycles. The molecule has 57 heavy (non-hydrogen) atoms. The molecule has 0 spiro atoms. The standard InChI is InChI=1S/C43H83N5O9/c1-14-15-16-17-18-19-20-26-35(49)44-27-23-31-48(39(53)57-43(11,12)13)34-25-33-47(38(52)56-42(8,9)10)30-22-21-29-46(37(51)55-41(5,6)7)32-24-28-45-36(50)54-40(2,3)4/h14-34H2,1-13H3,(H,44,49)(H,45,50). The monoisotopic (exact) mass is 814 g/mol. The van der Waals surface area contributed by atoms with Crippen LogP contribution in [0, 0.1) is 0 Å². The lowest BCUT2D eigenvalue weighted by molar-refractivity contribution is -0.121. The van der Waals surface area contributed by atoms with Crippen molar-refractivity contribution in [2.24, 2.45) is 0 Å². The molecule has 0 aliphatic rings. The molecule has 0 aromatic heterocycles. The van der Waals surface area contributed by atoms with E-state index in [1.807, 2.05) is 62.3 Å². The van der Waals surface area contributed by atoms with E-state index in [4.69, 9.17) is 18.9 Å². The predicted octanol–water partition coefficient (Wildman–Crippen LogP) is 9.43. The maximum atomic E-state index is 13.3. The molecule has 0 unspecified atom stereocenters. The van der Waals surface area contributed by atoms with Gasteiger partial charge >= 0.3 is 24.4 Å². The highest BCUT2D eigenvalue weighted by molar-refractivity contribution is 5.75. The average Bonchev–Trinajstić information content (AvgIpc) is 3.03. The van der Waals surface area contributed by atoms with Crippen molar-refractivity contribution in [3.63, 3.8) is 0 Å². The molecule has 0 bridgehead atoms. The van der Waals surface area contributed by atoms with Gasteiger partial charge in [-0.15, -0.1) is 0 Å². The van der Waals surface area contributed by atoms with Crippen LogP contribution in [0.2, 0.25) is 0 Å². The van der Waals surface area contributed by atoms with Crippen LogP contribution in [0.3, 0.4) is 0 Å². The smallest absolute Gasteiger partial charge is 0.410 e. The third-order valence-electron chi connectivity index (χ3n) is 8.12. The predicted molar refractivity (Wildman–Crippen MR) is 226 cm³/mol. The number of ether oxygens (including phenoxy) is 4. The molecule has 0 atom stereocenters. The number of carbonyl (C=O) groups excluding carboxylic acids is 5. The van der Waals surface area contributed by atoms with Gasteiger partial charge < -0.3 is 44.3 Å². The van der Waals surface area contributed by atoms with Crippen molar-refractivity contribution < 1.29 is 42.9 Å². The van der Waals surface area contributed by atoms with E-state index in [1.54, 1.807) is 35.5 Å². The number of nitrogens with one attached hydrogen (secondary N) is 2. The van der Waals surface area contributed by atoms with Crippen LogP contribution < -0.4 is 10.6 Å². The minimum absolute atomic E-state index is 0.0322. The Labute approximate surface area is 346 Å². The zero-order chi connectivity index (χ0) is 43.7. The number of carbonyl (C=O) groups is 5. The van der Waals surface area contributed by atoms with Gasteiger partial charge in [0.25, 0.3) is 0 Å². The van der Waals surface area contributed by atoms with Gasteiger partial charge in [0, 0.05) is 58.8 Å². The Morgan fingerprint density at radius 2 is 0.737 bits per heavy atom. The van der Waals surface area contributed by atoms with Gasteiger partial charge in [0.1, 0.15) is 22.4 Å². The number of unbranched alkanes of at least 4 members (excludes halogenated alkanes) is 7. The molecule has 5 amide bonds. The van der Waals surface area contributed by atoms with Crippen molar-refractivity contribution in [2.75, 3.05) is 52.4 Å². The fourth-order valence-corrected chi connectivity index (χ4v) is 5.52. The molecule has 0 aliphatic heterocycles. The van der Waals surface area contributed by atoms with Crippen LogP contribution in [0.15, 0.2) is 0 Å². The van der Waals surface area contributed by atoms with Crippen molar-refractivity contribution in [2.45, 2.75) is 196 Å². The van der Waals surface area contributed by atoms with Crippen LogP contribution in [-0.4, -0.2) is 120 Å². The zero-order valence-corrected chi connectivity index (χ0v) is 38.4. The first-order valence-corrected chi connectivity index (χ1v) is 21.5. The van der Waals surface area contributed by atoms with E-state index in [0.29, 0.717) is 90.9 Å². The van der Waals surface area contributed by atoms with Gasteiger partial charge in [-0.1, -0.05) is 45.4 Å². The molecule has 0 saturated carbocycles. The topological polar surface area (TPSA) is 156 Å². The summed E-state index contributed by atoms with van der Waals surface area (Å²) in [5.41, 5.74) is -2.66. The molecule has 0 saturated heterocycles. The Morgan fingerprint density at radius 1 is 0.404 bits per heavy atom. The quantitative estimate of drug-likeness (QED) is 0.0677. The van der Waals surface area contributed by atoms with Crippen molar-refractivity contribution in [3.05, 3.63) is 0 Å². The molecule has 0 aromatic rings. The second-order valence-corrected chi connectivity index (χ2v) is 18.8. The van der Waals surface area contributed by atoms with E-state index >= 15 is 0 Å². The van der Waals surface area contributed by atoms with Gasteiger partial charge in [-0.25, -0.2) is 19.2 Å². The molecule has 0 rings (SSSR count). The van der Waals surface area contributed by atoms with E-state index in [2.05, 4.69) is 17.6 Å². The van der Waals surface area contributed by atoms with Gasteiger partial charge in [-0.2, -0.15) is 0 Å². The van der Waals surface area contributed by atoms with Gasteiger partial charge in [-0.3, -0.25) is 4.79 Å². The molecule has 0 radical (unpaired) electrons. The van der Waals surface area contributed by atoms with Gasteiger partial charge in [0.15, 0.2) is 0 Å². The Balaban J connectivity index is 5.35. The van der Waals surface area contributed by atoms with Crippen LogP contribution in [-0.2, 0) is 23.7 Å². The summed E-state index contributed by atoms with van der Waals surface area (Å²) in [6.07, 6.45) is 9.46. The molecule has 14 nitrogen and oxygen atoms in total. The average molecular weight is 814 g/mol. The first kappa shape index (κ1) is 53.6. The zero-order valence-electron chi connectivity index (χ0n) is 38.4. The highest BCUT2D eigenvalue weighted by Gasteiger charge is 2.26. The third kappa shape index (κ3) is 32.2. The lowest BCUT2D eigenvalue weighted by atomic mass is 10.1. The number of amides is 5. The van der Waals surface area contributed by atoms with E-state index in [9.17, 15) is 24.0 Å². The molecular formula is C43H83N5O9. The Morgan fingerprint density at radius 3 is 1.12 bits per heavy atom. The van der Waals surface area contributed by atoms with Gasteiger partial charge in [0.2, 0.25) is 5.91 Å². The van der Waals surface area contributed by atoms with Gasteiger partial charge in [0.05, 0.1) is 0 Å². The van der Waals surface area contributed by atoms with E-state index in [-0.39, 0.29) is 5.91 Å². The number of hydrogen-bond acceptors (Lipinski definition) is 9. The maximum Gasteiger partial charge on any atom is 0.410 e. The molecule has 334 valence electrons. The van der Waals surface area contributed by atoms with Crippen LogP contribution in [0.5, 0.6) is 0 Å². The Bertz CT molecular complexity index is 1170. The highest BCUT2D eigenvalue weighted by Crippen LogP contribution is 2.16. The second-order valence-electron chi connectivity index (χ2n) is 18.8. The Kier molecular flexibility index (Phi) is 25.6. The normalized spacial score (nSPS) is 12.0. The van der Waals surface area contributed by atoms with Crippen LogP contribution in [0.25, 0.3) is 0 Å². The fraction of sp³-hybridized carbons (Fsp3) is 0.884. The second kappa shape index (κ2) is 27.3. The lowest BCUT2D eigenvalue weighted by Gasteiger charge is -2.30. The SMILES string of the molecule is CCCCCCCCCC(=O)NCCCN(CCCN(CCCCN(CCCNC(=O)OC(C)(C)C)C(=O)OC(C)(C)C)C(=O)OC(C)(C)C)C(=O)OC(C)(C)C. The van der Waals surface area contributed by atoms with E-state index in [1.165, 1.54) is 25.7 Å². The largest absolute Gasteiger partial charge is 0.444 e. The molecule has 2 N–H and O–H groups in total. The summed E-state index contributed by atoms with van der Waals surface area (Å²) < 4.78 is 22.4. The summed E-state index contributed by atoms with van der Waals surface area (Å²) in [7, 11) is 0. The summed E-state index contributed by atoms with van der Waals surface area (Å²) in [5.74, 6) is 0.0322. The van der Waals surface area contributed by atoms with E-state index in [0.717, 1.165) is 19.3 Å². The molecule has 0 heterocycles. The minimum Gasteiger partial charge on any atom is -0.444 e. The number of alkyl carbamates (subject to hydrolysis) is 1.